The molecule has 0 radical (unpaired) electrons. The van der Waals surface area contributed by atoms with Crippen molar-refractivity contribution >= 4 is 17.0 Å². The lowest BCUT2D eigenvalue weighted by Crippen LogP contribution is -2.37. The number of benzene rings is 1. The van der Waals surface area contributed by atoms with Crippen molar-refractivity contribution in [2.24, 2.45) is 14.1 Å². The van der Waals surface area contributed by atoms with Gasteiger partial charge in [-0.15, -0.1) is 0 Å². The molecule has 1 fully saturated rings. The van der Waals surface area contributed by atoms with E-state index in [2.05, 4.69) is 52.4 Å². The number of nitrogens with zero attached hydrogens (tertiary/aromatic N) is 3. The summed E-state index contributed by atoms with van der Waals surface area (Å²) in [5.41, 5.74) is 2.62. The van der Waals surface area contributed by atoms with Crippen molar-refractivity contribution in [1.29, 1.82) is 0 Å². The van der Waals surface area contributed by atoms with Crippen molar-refractivity contribution in [1.82, 2.24) is 4.57 Å². The van der Waals surface area contributed by atoms with E-state index in [0.29, 0.717) is 0 Å². The van der Waals surface area contributed by atoms with Crippen molar-refractivity contribution < 1.29 is 4.57 Å². The standard InChI is InChI=1S/C13H18N3/c1-14-11-7-3-4-8-12(11)15(2)13(14)16-9-5-6-10-16/h3-4,7-8H,5-6,9-10H2,1-2H3/q+1. The lowest BCUT2D eigenvalue weighted by Gasteiger charge is -2.10. The van der Waals surface area contributed by atoms with E-state index < -0.39 is 0 Å². The molecule has 0 aliphatic carbocycles. The average molecular weight is 216 g/mol. The molecular weight excluding hydrogens is 198 g/mol. The monoisotopic (exact) mass is 216 g/mol. The van der Waals surface area contributed by atoms with E-state index in [0.717, 1.165) is 0 Å². The quantitative estimate of drug-likeness (QED) is 0.659. The van der Waals surface area contributed by atoms with Crippen LogP contribution in [0.4, 0.5) is 5.95 Å². The van der Waals surface area contributed by atoms with Crippen LogP contribution in [0.2, 0.25) is 0 Å². The Bertz CT molecular complexity index is 482. The number of aryl methyl sites for hydroxylation is 2. The molecule has 2 aromatic rings. The van der Waals surface area contributed by atoms with Crippen LogP contribution in [0.15, 0.2) is 24.3 Å². The highest BCUT2D eigenvalue weighted by Gasteiger charge is 2.27. The Labute approximate surface area is 95.9 Å². The van der Waals surface area contributed by atoms with Gasteiger partial charge in [-0.3, -0.25) is 4.90 Å². The first-order chi connectivity index (χ1) is 7.79. The first kappa shape index (κ1) is 9.70. The maximum Gasteiger partial charge on any atom is 0.360 e. The van der Waals surface area contributed by atoms with Crippen molar-refractivity contribution in [3.63, 3.8) is 0 Å². The molecule has 16 heavy (non-hydrogen) atoms. The van der Waals surface area contributed by atoms with Crippen LogP contribution in [0.1, 0.15) is 12.8 Å². The smallest absolute Gasteiger partial charge is 0.264 e. The van der Waals surface area contributed by atoms with E-state index in [1.54, 1.807) is 0 Å². The Morgan fingerprint density at radius 1 is 1.12 bits per heavy atom. The third-order valence-corrected chi connectivity index (χ3v) is 3.59. The summed E-state index contributed by atoms with van der Waals surface area (Å²) in [6.07, 6.45) is 2.64. The number of fused-ring (bicyclic) bond motifs is 1. The third-order valence-electron chi connectivity index (χ3n) is 3.59. The molecule has 84 valence electrons. The van der Waals surface area contributed by atoms with Gasteiger partial charge < -0.3 is 0 Å². The normalized spacial score (nSPS) is 16.2. The van der Waals surface area contributed by atoms with Gasteiger partial charge in [-0.05, 0) is 25.0 Å². The van der Waals surface area contributed by atoms with E-state index >= 15 is 0 Å². The highest BCUT2D eigenvalue weighted by atomic mass is 15.3. The number of imidazole rings is 1. The van der Waals surface area contributed by atoms with Gasteiger partial charge in [-0.1, -0.05) is 12.1 Å². The van der Waals surface area contributed by atoms with Crippen LogP contribution in [0.25, 0.3) is 11.0 Å². The van der Waals surface area contributed by atoms with Crippen molar-refractivity contribution in [3.05, 3.63) is 24.3 Å². The van der Waals surface area contributed by atoms with Crippen LogP contribution in [-0.4, -0.2) is 17.7 Å². The predicted molar refractivity (Wildman–Crippen MR) is 65.5 cm³/mol. The van der Waals surface area contributed by atoms with Gasteiger partial charge in [0.2, 0.25) is 0 Å². The van der Waals surface area contributed by atoms with E-state index in [4.69, 9.17) is 0 Å². The predicted octanol–water partition coefficient (Wildman–Crippen LogP) is 1.60. The van der Waals surface area contributed by atoms with Gasteiger partial charge in [0.25, 0.3) is 0 Å². The van der Waals surface area contributed by atoms with Crippen LogP contribution in [0, 0.1) is 0 Å². The molecule has 3 rings (SSSR count). The van der Waals surface area contributed by atoms with Gasteiger partial charge in [-0.2, -0.15) is 0 Å². The molecule has 0 atom stereocenters. The maximum absolute atomic E-state index is 2.49. The first-order valence-electron chi connectivity index (χ1n) is 5.97. The molecule has 0 spiro atoms. The minimum absolute atomic E-state index is 1.19. The number of rotatable bonds is 1. The molecule has 3 nitrogen and oxygen atoms in total. The van der Waals surface area contributed by atoms with Gasteiger partial charge in [0, 0.05) is 0 Å². The number of hydrogen-bond acceptors (Lipinski definition) is 1. The second kappa shape index (κ2) is 3.51. The lowest BCUT2D eigenvalue weighted by atomic mass is 10.3. The molecule has 0 N–H and O–H groups in total. The Morgan fingerprint density at radius 2 is 1.81 bits per heavy atom. The summed E-state index contributed by atoms with van der Waals surface area (Å²) in [4.78, 5) is 2.49. The van der Waals surface area contributed by atoms with Gasteiger partial charge in [0.15, 0.2) is 0 Å². The van der Waals surface area contributed by atoms with E-state index in [9.17, 15) is 0 Å². The highest BCUT2D eigenvalue weighted by molar-refractivity contribution is 5.74. The summed E-state index contributed by atoms with van der Waals surface area (Å²) in [6.45, 7) is 2.38. The molecule has 0 amide bonds. The van der Waals surface area contributed by atoms with Gasteiger partial charge >= 0.3 is 5.95 Å². The first-order valence-corrected chi connectivity index (χ1v) is 5.97. The highest BCUT2D eigenvalue weighted by Crippen LogP contribution is 2.21. The molecule has 0 bridgehead atoms. The largest absolute Gasteiger partial charge is 0.360 e. The summed E-state index contributed by atoms with van der Waals surface area (Å²) in [7, 11) is 4.33. The van der Waals surface area contributed by atoms with Crippen molar-refractivity contribution in [2.75, 3.05) is 18.0 Å². The van der Waals surface area contributed by atoms with Crippen LogP contribution in [-0.2, 0) is 14.1 Å². The summed E-state index contributed by atoms with van der Waals surface area (Å²) >= 11 is 0. The summed E-state index contributed by atoms with van der Waals surface area (Å²) in [5, 5.41) is 0. The minimum atomic E-state index is 1.19. The Hall–Kier alpha value is -1.51. The number of anilines is 1. The molecular formula is C13H18N3+. The zero-order valence-electron chi connectivity index (χ0n) is 9.98. The number of aromatic nitrogens is 2. The van der Waals surface area contributed by atoms with E-state index in [1.165, 1.54) is 42.9 Å². The second-order valence-electron chi connectivity index (χ2n) is 4.60. The molecule has 1 aromatic heterocycles. The summed E-state index contributed by atoms with van der Waals surface area (Å²) < 4.78 is 4.61. The fourth-order valence-corrected chi connectivity index (χ4v) is 2.81. The summed E-state index contributed by atoms with van der Waals surface area (Å²) in [5.74, 6) is 1.33. The molecule has 0 unspecified atom stereocenters. The Morgan fingerprint density at radius 3 is 2.50 bits per heavy atom. The number of para-hydroxylation sites is 2. The van der Waals surface area contributed by atoms with Crippen LogP contribution in [0.3, 0.4) is 0 Å². The molecule has 1 aromatic carbocycles. The minimum Gasteiger partial charge on any atom is -0.264 e. The molecule has 1 aliphatic heterocycles. The van der Waals surface area contributed by atoms with Gasteiger partial charge in [0.1, 0.15) is 11.0 Å². The fourth-order valence-electron chi connectivity index (χ4n) is 2.81. The molecule has 0 saturated carbocycles. The van der Waals surface area contributed by atoms with Gasteiger partial charge in [-0.25, -0.2) is 9.13 Å². The van der Waals surface area contributed by atoms with Crippen LogP contribution < -0.4 is 9.47 Å². The Kier molecular flexibility index (Phi) is 2.13. The Balaban J connectivity index is 2.23. The molecule has 1 aliphatic rings. The van der Waals surface area contributed by atoms with Crippen molar-refractivity contribution in [3.8, 4) is 0 Å². The molecule has 3 heteroatoms. The topological polar surface area (TPSA) is 12.1 Å². The SMILES string of the molecule is Cn1c(N2CCCC2)[n+](C)c2ccccc21. The van der Waals surface area contributed by atoms with Crippen LogP contribution >= 0.6 is 0 Å². The zero-order chi connectivity index (χ0) is 11.1. The molecule has 2 heterocycles. The van der Waals surface area contributed by atoms with Gasteiger partial charge in [0.05, 0.1) is 27.2 Å². The van der Waals surface area contributed by atoms with E-state index in [-0.39, 0.29) is 0 Å². The number of hydrogen-bond donors (Lipinski definition) is 0. The van der Waals surface area contributed by atoms with Crippen LogP contribution in [0.5, 0.6) is 0 Å². The third kappa shape index (κ3) is 1.24. The molecule has 1 saturated heterocycles. The average Bonchev–Trinajstić information content (AvgIpc) is 2.89. The zero-order valence-corrected chi connectivity index (χ0v) is 9.98. The maximum atomic E-state index is 2.49. The van der Waals surface area contributed by atoms with E-state index in [1.807, 2.05) is 0 Å². The summed E-state index contributed by atoms with van der Waals surface area (Å²) in [6, 6.07) is 8.59. The van der Waals surface area contributed by atoms with Crippen molar-refractivity contribution in [2.45, 2.75) is 12.8 Å². The fraction of sp³-hybridized carbons (Fsp3) is 0.462. The second-order valence-corrected chi connectivity index (χ2v) is 4.60. The lowest BCUT2D eigenvalue weighted by molar-refractivity contribution is -0.632.